The standard InChI is InChI=1S/C16H15NO5/c1-3-12-13(15(18)19)7-8-17-14(12)22-11-6-4-5-10(9-11)16(20)21-2/h4-9H,3H2,1-2H3,(H,18,19). The largest absolute Gasteiger partial charge is 0.478 e. The van der Waals surface area contributed by atoms with E-state index < -0.39 is 11.9 Å². The summed E-state index contributed by atoms with van der Waals surface area (Å²) in [6, 6.07) is 7.84. The molecular weight excluding hydrogens is 286 g/mol. The SMILES string of the molecule is CCc1c(C(=O)O)ccnc1Oc1cccc(C(=O)OC)c1. The smallest absolute Gasteiger partial charge is 0.337 e. The van der Waals surface area contributed by atoms with Crippen molar-refractivity contribution in [2.75, 3.05) is 7.11 Å². The summed E-state index contributed by atoms with van der Waals surface area (Å²) in [6.45, 7) is 1.82. The van der Waals surface area contributed by atoms with Crippen molar-refractivity contribution in [1.29, 1.82) is 0 Å². The molecule has 0 spiro atoms. The summed E-state index contributed by atoms with van der Waals surface area (Å²) in [5.41, 5.74) is 0.988. The fraction of sp³-hybridized carbons (Fsp3) is 0.188. The lowest BCUT2D eigenvalue weighted by molar-refractivity contribution is 0.0599. The van der Waals surface area contributed by atoms with E-state index in [4.69, 9.17) is 4.74 Å². The second kappa shape index (κ2) is 6.71. The molecule has 0 unspecified atom stereocenters. The molecular formula is C16H15NO5. The lowest BCUT2D eigenvalue weighted by Gasteiger charge is -2.11. The molecule has 0 atom stereocenters. The van der Waals surface area contributed by atoms with Crippen LogP contribution in [-0.4, -0.2) is 29.1 Å². The molecule has 0 saturated heterocycles. The maximum Gasteiger partial charge on any atom is 0.337 e. The van der Waals surface area contributed by atoms with Gasteiger partial charge in [-0.25, -0.2) is 14.6 Å². The zero-order valence-electron chi connectivity index (χ0n) is 12.2. The van der Waals surface area contributed by atoms with Gasteiger partial charge in [-0.1, -0.05) is 13.0 Å². The number of hydrogen-bond donors (Lipinski definition) is 1. The Hall–Kier alpha value is -2.89. The van der Waals surface area contributed by atoms with Gasteiger partial charge in [0.25, 0.3) is 0 Å². The minimum Gasteiger partial charge on any atom is -0.478 e. The first-order chi connectivity index (χ1) is 10.6. The number of carboxylic acid groups (broad SMARTS) is 1. The van der Waals surface area contributed by atoms with Gasteiger partial charge in [-0.3, -0.25) is 0 Å². The van der Waals surface area contributed by atoms with Crippen molar-refractivity contribution >= 4 is 11.9 Å². The highest BCUT2D eigenvalue weighted by atomic mass is 16.5. The van der Waals surface area contributed by atoms with Gasteiger partial charge in [-0.2, -0.15) is 0 Å². The number of carbonyl (C=O) groups is 2. The minimum absolute atomic E-state index is 0.150. The topological polar surface area (TPSA) is 85.7 Å². The Bertz CT molecular complexity index is 711. The molecule has 1 N–H and O–H groups in total. The Morgan fingerprint density at radius 1 is 1.27 bits per heavy atom. The summed E-state index contributed by atoms with van der Waals surface area (Å²) < 4.78 is 10.3. The normalized spacial score (nSPS) is 10.1. The molecule has 0 aliphatic heterocycles. The van der Waals surface area contributed by atoms with Crippen LogP contribution in [0.5, 0.6) is 11.6 Å². The summed E-state index contributed by atoms with van der Waals surface area (Å²) in [5, 5.41) is 9.19. The molecule has 0 bridgehead atoms. The van der Waals surface area contributed by atoms with E-state index in [-0.39, 0.29) is 11.4 Å². The van der Waals surface area contributed by atoms with Gasteiger partial charge in [0.1, 0.15) is 5.75 Å². The highest BCUT2D eigenvalue weighted by molar-refractivity contribution is 5.90. The molecule has 22 heavy (non-hydrogen) atoms. The third-order valence-electron chi connectivity index (χ3n) is 3.07. The van der Waals surface area contributed by atoms with Crippen molar-refractivity contribution in [3.05, 3.63) is 53.2 Å². The van der Waals surface area contributed by atoms with Gasteiger partial charge in [-0.05, 0) is 30.7 Å². The average molecular weight is 301 g/mol. The lowest BCUT2D eigenvalue weighted by atomic mass is 10.1. The fourth-order valence-electron chi connectivity index (χ4n) is 2.02. The second-order valence-electron chi connectivity index (χ2n) is 4.42. The second-order valence-corrected chi connectivity index (χ2v) is 4.42. The highest BCUT2D eigenvalue weighted by Crippen LogP contribution is 2.26. The van der Waals surface area contributed by atoms with Gasteiger partial charge in [-0.15, -0.1) is 0 Å². The number of aromatic carboxylic acids is 1. The number of carboxylic acids is 1. The number of methoxy groups -OCH3 is 1. The zero-order chi connectivity index (χ0) is 16.1. The summed E-state index contributed by atoms with van der Waals surface area (Å²) in [4.78, 5) is 26.8. The molecule has 0 amide bonds. The minimum atomic E-state index is -1.03. The van der Waals surface area contributed by atoms with Gasteiger partial charge in [0.05, 0.1) is 18.2 Å². The molecule has 0 aliphatic rings. The number of nitrogens with zero attached hydrogens (tertiary/aromatic N) is 1. The fourth-order valence-corrected chi connectivity index (χ4v) is 2.02. The van der Waals surface area contributed by atoms with Crippen LogP contribution >= 0.6 is 0 Å². The Morgan fingerprint density at radius 2 is 2.05 bits per heavy atom. The predicted octanol–water partition coefficient (Wildman–Crippen LogP) is 2.92. The molecule has 0 saturated carbocycles. The van der Waals surface area contributed by atoms with E-state index in [9.17, 15) is 14.7 Å². The molecule has 114 valence electrons. The van der Waals surface area contributed by atoms with E-state index >= 15 is 0 Å². The lowest BCUT2D eigenvalue weighted by Crippen LogP contribution is -2.05. The van der Waals surface area contributed by atoms with Crippen molar-refractivity contribution in [3.63, 3.8) is 0 Å². The van der Waals surface area contributed by atoms with Crippen molar-refractivity contribution in [2.45, 2.75) is 13.3 Å². The van der Waals surface area contributed by atoms with Crippen LogP contribution in [0.25, 0.3) is 0 Å². The number of esters is 1. The van der Waals surface area contributed by atoms with Crippen LogP contribution in [0.1, 0.15) is 33.2 Å². The number of hydrogen-bond acceptors (Lipinski definition) is 5. The van der Waals surface area contributed by atoms with Gasteiger partial charge in [0.15, 0.2) is 0 Å². The quantitative estimate of drug-likeness (QED) is 0.855. The number of ether oxygens (including phenoxy) is 2. The Balaban J connectivity index is 2.37. The van der Waals surface area contributed by atoms with E-state index in [0.717, 1.165) is 0 Å². The Morgan fingerprint density at radius 3 is 2.68 bits per heavy atom. The van der Waals surface area contributed by atoms with Crippen LogP contribution in [0, 0.1) is 0 Å². The molecule has 1 aromatic carbocycles. The average Bonchev–Trinajstić information content (AvgIpc) is 2.54. The highest BCUT2D eigenvalue weighted by Gasteiger charge is 2.16. The number of aromatic nitrogens is 1. The van der Waals surface area contributed by atoms with E-state index in [1.54, 1.807) is 18.2 Å². The van der Waals surface area contributed by atoms with Crippen LogP contribution < -0.4 is 4.74 Å². The van der Waals surface area contributed by atoms with E-state index in [1.165, 1.54) is 25.4 Å². The number of benzene rings is 1. The summed E-state index contributed by atoms with van der Waals surface area (Å²) in [6.07, 6.45) is 1.84. The Labute approximate surface area is 127 Å². The number of carbonyl (C=O) groups excluding carboxylic acids is 1. The van der Waals surface area contributed by atoms with Gasteiger partial charge in [0, 0.05) is 11.8 Å². The summed E-state index contributed by atoms with van der Waals surface area (Å²) in [7, 11) is 1.29. The molecule has 2 aromatic rings. The van der Waals surface area contributed by atoms with Crippen LogP contribution in [0.3, 0.4) is 0 Å². The first-order valence-corrected chi connectivity index (χ1v) is 6.64. The van der Waals surface area contributed by atoms with Gasteiger partial charge in [0.2, 0.25) is 5.88 Å². The summed E-state index contributed by atoms with van der Waals surface area (Å²) >= 11 is 0. The van der Waals surface area contributed by atoms with Gasteiger partial charge >= 0.3 is 11.9 Å². The third-order valence-corrected chi connectivity index (χ3v) is 3.07. The molecule has 1 heterocycles. The molecule has 0 radical (unpaired) electrons. The van der Waals surface area contributed by atoms with E-state index in [1.807, 2.05) is 6.92 Å². The van der Waals surface area contributed by atoms with Crippen LogP contribution in [0.15, 0.2) is 36.5 Å². The number of pyridine rings is 1. The van der Waals surface area contributed by atoms with E-state index in [0.29, 0.717) is 23.3 Å². The predicted molar refractivity (Wildman–Crippen MR) is 78.4 cm³/mol. The third kappa shape index (κ3) is 3.22. The molecule has 0 aliphatic carbocycles. The first-order valence-electron chi connectivity index (χ1n) is 6.64. The maximum absolute atomic E-state index is 11.5. The molecule has 6 heteroatoms. The van der Waals surface area contributed by atoms with Crippen LogP contribution in [0.4, 0.5) is 0 Å². The van der Waals surface area contributed by atoms with E-state index in [2.05, 4.69) is 9.72 Å². The summed E-state index contributed by atoms with van der Waals surface area (Å²) in [5.74, 6) is -0.919. The molecule has 1 aromatic heterocycles. The van der Waals surface area contributed by atoms with Crippen LogP contribution in [0.2, 0.25) is 0 Å². The van der Waals surface area contributed by atoms with Crippen molar-refractivity contribution < 1.29 is 24.2 Å². The maximum atomic E-state index is 11.5. The first kappa shape index (κ1) is 15.5. The molecule has 2 rings (SSSR count). The zero-order valence-corrected chi connectivity index (χ0v) is 12.2. The molecule has 6 nitrogen and oxygen atoms in total. The van der Waals surface area contributed by atoms with Crippen molar-refractivity contribution in [3.8, 4) is 11.6 Å². The van der Waals surface area contributed by atoms with Crippen molar-refractivity contribution in [1.82, 2.24) is 4.98 Å². The molecule has 0 fully saturated rings. The van der Waals surface area contributed by atoms with Gasteiger partial charge < -0.3 is 14.6 Å². The van der Waals surface area contributed by atoms with Crippen molar-refractivity contribution in [2.24, 2.45) is 0 Å². The number of rotatable bonds is 5. The Kier molecular flexibility index (Phi) is 4.73. The van der Waals surface area contributed by atoms with Crippen LogP contribution in [-0.2, 0) is 11.2 Å². The monoisotopic (exact) mass is 301 g/mol.